The predicted octanol–water partition coefficient (Wildman–Crippen LogP) is 2.39. The summed E-state index contributed by atoms with van der Waals surface area (Å²) in [6, 6.07) is 0. The number of hydrogen-bond donors (Lipinski definition) is 1. The third-order valence-corrected chi connectivity index (χ3v) is 2.56. The van der Waals surface area contributed by atoms with Crippen LogP contribution < -0.4 is 0 Å². The summed E-state index contributed by atoms with van der Waals surface area (Å²) in [5.74, 6) is 0. The van der Waals surface area contributed by atoms with Gasteiger partial charge >= 0.3 is 0 Å². The fourth-order valence-corrected chi connectivity index (χ4v) is 1.62. The van der Waals surface area contributed by atoms with Crippen LogP contribution in [-0.2, 0) is 14.2 Å². The van der Waals surface area contributed by atoms with Gasteiger partial charge in [-0.05, 0) is 45.4 Å². The standard InChI is InChI=1S/2C5H10O.C4H10O2/c2*1-2-4-6-5-3-1;1-4(5)3-6-2/h2*1-5H2;4-5H,3H2,1-2H3. The lowest BCUT2D eigenvalue weighted by molar-refractivity contribution is 0.0765. The number of methoxy groups -OCH3 is 1. The molecular formula is C14H30O4. The fourth-order valence-electron chi connectivity index (χ4n) is 1.62. The minimum atomic E-state index is -0.324. The minimum Gasteiger partial charge on any atom is -0.391 e. The molecule has 2 aliphatic rings. The Bertz CT molecular complexity index is 108. The zero-order valence-corrected chi connectivity index (χ0v) is 12.0. The average molecular weight is 262 g/mol. The Morgan fingerprint density at radius 1 is 0.889 bits per heavy atom. The van der Waals surface area contributed by atoms with Gasteiger partial charge in [-0.3, -0.25) is 0 Å². The minimum absolute atomic E-state index is 0.324. The second kappa shape index (κ2) is 14.9. The molecule has 2 fully saturated rings. The van der Waals surface area contributed by atoms with Crippen molar-refractivity contribution in [3.63, 3.8) is 0 Å². The van der Waals surface area contributed by atoms with Crippen molar-refractivity contribution < 1.29 is 19.3 Å². The Labute approximate surface area is 112 Å². The second-order valence-electron chi connectivity index (χ2n) is 4.65. The van der Waals surface area contributed by atoms with E-state index < -0.39 is 0 Å². The number of aliphatic hydroxyl groups is 1. The van der Waals surface area contributed by atoms with E-state index in [-0.39, 0.29) is 6.10 Å². The number of rotatable bonds is 2. The molecule has 1 unspecified atom stereocenters. The van der Waals surface area contributed by atoms with Gasteiger partial charge in [0.15, 0.2) is 0 Å². The highest BCUT2D eigenvalue weighted by Gasteiger charge is 1.95. The summed E-state index contributed by atoms with van der Waals surface area (Å²) in [6.07, 6.45) is 7.54. The Morgan fingerprint density at radius 2 is 1.28 bits per heavy atom. The molecule has 2 rings (SSSR count). The van der Waals surface area contributed by atoms with Gasteiger partial charge in [-0.25, -0.2) is 0 Å². The van der Waals surface area contributed by atoms with Crippen LogP contribution in [0.1, 0.15) is 45.4 Å². The van der Waals surface area contributed by atoms with Crippen molar-refractivity contribution in [3.05, 3.63) is 0 Å². The molecule has 4 nitrogen and oxygen atoms in total. The molecule has 2 heterocycles. The summed E-state index contributed by atoms with van der Waals surface area (Å²) in [5, 5.41) is 8.43. The second-order valence-corrected chi connectivity index (χ2v) is 4.65. The van der Waals surface area contributed by atoms with Crippen LogP contribution in [0.15, 0.2) is 0 Å². The lowest BCUT2D eigenvalue weighted by atomic mass is 10.2. The number of aliphatic hydroxyl groups excluding tert-OH is 1. The van der Waals surface area contributed by atoms with E-state index in [9.17, 15) is 0 Å². The van der Waals surface area contributed by atoms with Gasteiger partial charge in [-0.1, -0.05) is 0 Å². The van der Waals surface area contributed by atoms with Crippen molar-refractivity contribution >= 4 is 0 Å². The largest absolute Gasteiger partial charge is 0.391 e. The molecule has 18 heavy (non-hydrogen) atoms. The van der Waals surface area contributed by atoms with E-state index in [0.717, 1.165) is 26.4 Å². The van der Waals surface area contributed by atoms with Crippen LogP contribution >= 0.6 is 0 Å². The first-order chi connectivity index (χ1) is 8.77. The van der Waals surface area contributed by atoms with Gasteiger partial charge in [-0.2, -0.15) is 0 Å². The summed E-state index contributed by atoms with van der Waals surface area (Å²) in [4.78, 5) is 0. The van der Waals surface area contributed by atoms with E-state index in [4.69, 9.17) is 14.6 Å². The van der Waals surface area contributed by atoms with E-state index in [0.29, 0.717) is 6.61 Å². The fraction of sp³-hybridized carbons (Fsp3) is 1.00. The van der Waals surface area contributed by atoms with E-state index in [1.54, 1.807) is 14.0 Å². The molecule has 0 saturated carbocycles. The van der Waals surface area contributed by atoms with Crippen molar-refractivity contribution in [3.8, 4) is 0 Å². The first kappa shape index (κ1) is 17.8. The molecule has 4 heteroatoms. The molecule has 0 aromatic rings. The zero-order chi connectivity index (χ0) is 13.5. The van der Waals surface area contributed by atoms with E-state index in [1.165, 1.54) is 38.5 Å². The van der Waals surface area contributed by atoms with Crippen LogP contribution in [-0.4, -0.2) is 51.4 Å². The van der Waals surface area contributed by atoms with Gasteiger partial charge in [0.25, 0.3) is 0 Å². The van der Waals surface area contributed by atoms with Gasteiger partial charge in [0.2, 0.25) is 0 Å². The van der Waals surface area contributed by atoms with E-state index >= 15 is 0 Å². The topological polar surface area (TPSA) is 47.9 Å². The van der Waals surface area contributed by atoms with E-state index in [2.05, 4.69) is 4.74 Å². The Hall–Kier alpha value is -0.160. The summed E-state index contributed by atoms with van der Waals surface area (Å²) < 4.78 is 14.7. The molecule has 0 aliphatic carbocycles. The lowest BCUT2D eigenvalue weighted by Crippen LogP contribution is -2.07. The van der Waals surface area contributed by atoms with Gasteiger partial charge < -0.3 is 19.3 Å². The van der Waals surface area contributed by atoms with Gasteiger partial charge in [0.1, 0.15) is 0 Å². The van der Waals surface area contributed by atoms with Crippen LogP contribution in [0.2, 0.25) is 0 Å². The first-order valence-corrected chi connectivity index (χ1v) is 7.10. The molecular weight excluding hydrogens is 232 g/mol. The molecule has 1 N–H and O–H groups in total. The predicted molar refractivity (Wildman–Crippen MR) is 72.9 cm³/mol. The van der Waals surface area contributed by atoms with Crippen LogP contribution in [0.25, 0.3) is 0 Å². The SMILES string of the molecule is C1CCOCC1.C1CCOCC1.COCC(C)O. The molecule has 0 spiro atoms. The molecule has 0 amide bonds. The molecule has 2 aliphatic heterocycles. The van der Waals surface area contributed by atoms with Crippen molar-refractivity contribution in [2.24, 2.45) is 0 Å². The molecule has 0 aromatic heterocycles. The molecule has 0 bridgehead atoms. The van der Waals surface area contributed by atoms with Crippen molar-refractivity contribution in [1.82, 2.24) is 0 Å². The van der Waals surface area contributed by atoms with Gasteiger partial charge in [0.05, 0.1) is 12.7 Å². The van der Waals surface area contributed by atoms with Gasteiger partial charge in [0, 0.05) is 33.5 Å². The smallest absolute Gasteiger partial charge is 0.0745 e. The highest BCUT2D eigenvalue weighted by Crippen LogP contribution is 2.02. The quantitative estimate of drug-likeness (QED) is 0.830. The zero-order valence-electron chi connectivity index (χ0n) is 12.0. The van der Waals surface area contributed by atoms with E-state index in [1.807, 2.05) is 0 Å². The average Bonchev–Trinajstić information content (AvgIpc) is 2.44. The summed E-state index contributed by atoms with van der Waals surface area (Å²) in [7, 11) is 1.56. The van der Waals surface area contributed by atoms with Crippen molar-refractivity contribution in [2.75, 3.05) is 40.1 Å². The molecule has 110 valence electrons. The normalized spacial score (nSPS) is 20.8. The summed E-state index contributed by atoms with van der Waals surface area (Å²) in [5.41, 5.74) is 0. The number of ether oxygens (including phenoxy) is 3. The summed E-state index contributed by atoms with van der Waals surface area (Å²) >= 11 is 0. The van der Waals surface area contributed by atoms with Crippen molar-refractivity contribution in [2.45, 2.75) is 51.6 Å². The third kappa shape index (κ3) is 15.8. The maximum absolute atomic E-state index is 8.43. The van der Waals surface area contributed by atoms with Crippen LogP contribution in [0.5, 0.6) is 0 Å². The monoisotopic (exact) mass is 262 g/mol. The molecule has 1 atom stereocenters. The molecule has 0 radical (unpaired) electrons. The molecule has 0 aromatic carbocycles. The van der Waals surface area contributed by atoms with Crippen molar-refractivity contribution in [1.29, 1.82) is 0 Å². The van der Waals surface area contributed by atoms with Crippen LogP contribution in [0.3, 0.4) is 0 Å². The third-order valence-electron chi connectivity index (χ3n) is 2.56. The maximum Gasteiger partial charge on any atom is 0.0745 e. The Kier molecular flexibility index (Phi) is 14.8. The highest BCUT2D eigenvalue weighted by atomic mass is 16.5. The Balaban J connectivity index is 0.000000241. The van der Waals surface area contributed by atoms with Gasteiger partial charge in [-0.15, -0.1) is 0 Å². The van der Waals surface area contributed by atoms with Crippen LogP contribution in [0, 0.1) is 0 Å². The maximum atomic E-state index is 8.43. The summed E-state index contributed by atoms with van der Waals surface area (Å²) in [6.45, 7) is 6.11. The Morgan fingerprint density at radius 3 is 1.33 bits per heavy atom. The highest BCUT2D eigenvalue weighted by molar-refractivity contribution is 4.45. The van der Waals surface area contributed by atoms with Crippen LogP contribution in [0.4, 0.5) is 0 Å². The first-order valence-electron chi connectivity index (χ1n) is 7.10. The molecule has 2 saturated heterocycles. The number of hydrogen-bond acceptors (Lipinski definition) is 4. The lowest BCUT2D eigenvalue weighted by Gasteiger charge is -2.08.